The first kappa shape index (κ1) is 18.3. The van der Waals surface area contributed by atoms with E-state index in [1.54, 1.807) is 17.0 Å². The van der Waals surface area contributed by atoms with Gasteiger partial charge in [-0.15, -0.1) is 0 Å². The van der Waals surface area contributed by atoms with Crippen LogP contribution in [-0.2, 0) is 0 Å². The van der Waals surface area contributed by atoms with Crippen LogP contribution >= 0.6 is 11.6 Å². The highest BCUT2D eigenvalue weighted by Gasteiger charge is 2.22. The molecule has 0 unspecified atom stereocenters. The first-order valence-electron chi connectivity index (χ1n) is 8.52. The summed E-state index contributed by atoms with van der Waals surface area (Å²) < 4.78 is 0. The Balaban J connectivity index is 1.61. The number of carbonyl (C=O) groups is 1. The van der Waals surface area contributed by atoms with Crippen molar-refractivity contribution in [2.75, 3.05) is 55.4 Å². The fraction of sp³-hybridized carbons (Fsp3) is 0.389. The summed E-state index contributed by atoms with van der Waals surface area (Å²) >= 11 is 5.96. The summed E-state index contributed by atoms with van der Waals surface area (Å²) in [6.45, 7) is 4.61. The number of anilines is 3. The molecule has 0 atom stereocenters. The number of nitrogens with one attached hydrogen (secondary N) is 1. The summed E-state index contributed by atoms with van der Waals surface area (Å²) in [5, 5.41) is 3.49. The zero-order valence-electron chi connectivity index (χ0n) is 15.2. The maximum Gasteiger partial charge on any atom is 0.321 e. The van der Waals surface area contributed by atoms with Gasteiger partial charge in [0.1, 0.15) is 17.5 Å². The Morgan fingerprint density at radius 3 is 2.54 bits per heavy atom. The molecule has 8 heteroatoms. The number of benzene rings is 1. The van der Waals surface area contributed by atoms with Crippen LogP contribution < -0.4 is 15.1 Å². The van der Waals surface area contributed by atoms with E-state index in [0.29, 0.717) is 23.8 Å². The van der Waals surface area contributed by atoms with Crippen molar-refractivity contribution in [3.63, 3.8) is 0 Å². The molecule has 2 amide bonds. The maximum absolute atomic E-state index is 12.4. The van der Waals surface area contributed by atoms with E-state index >= 15 is 0 Å². The highest BCUT2D eigenvalue weighted by molar-refractivity contribution is 6.30. The summed E-state index contributed by atoms with van der Waals surface area (Å²) in [4.78, 5) is 27.4. The molecule has 2 heterocycles. The van der Waals surface area contributed by atoms with E-state index in [-0.39, 0.29) is 6.03 Å². The lowest BCUT2D eigenvalue weighted by molar-refractivity contribution is 0.208. The molecule has 1 aliphatic heterocycles. The lowest BCUT2D eigenvalue weighted by Gasteiger charge is -2.35. The van der Waals surface area contributed by atoms with Crippen LogP contribution in [0.5, 0.6) is 0 Å². The predicted molar refractivity (Wildman–Crippen MR) is 105 cm³/mol. The van der Waals surface area contributed by atoms with Crippen LogP contribution in [0.15, 0.2) is 30.3 Å². The largest absolute Gasteiger partial charge is 0.363 e. The number of piperazine rings is 1. The second-order valence-electron chi connectivity index (χ2n) is 6.44. The van der Waals surface area contributed by atoms with Crippen LogP contribution in [0.2, 0.25) is 5.02 Å². The molecule has 138 valence electrons. The summed E-state index contributed by atoms with van der Waals surface area (Å²) in [6.07, 6.45) is 0. The Kier molecular flexibility index (Phi) is 5.46. The van der Waals surface area contributed by atoms with Gasteiger partial charge in [0.15, 0.2) is 0 Å². The molecule has 0 saturated carbocycles. The van der Waals surface area contributed by atoms with Gasteiger partial charge in [-0.1, -0.05) is 17.7 Å². The number of aryl methyl sites for hydroxylation is 1. The second-order valence-corrected chi connectivity index (χ2v) is 6.88. The monoisotopic (exact) mass is 374 g/mol. The quantitative estimate of drug-likeness (QED) is 0.894. The number of rotatable bonds is 3. The van der Waals surface area contributed by atoms with E-state index in [1.807, 2.05) is 44.1 Å². The summed E-state index contributed by atoms with van der Waals surface area (Å²) in [6, 6.07) is 9.03. The van der Waals surface area contributed by atoms with Crippen molar-refractivity contribution in [2.45, 2.75) is 6.92 Å². The molecule has 3 rings (SSSR count). The minimum Gasteiger partial charge on any atom is -0.363 e. The molecule has 1 saturated heterocycles. The van der Waals surface area contributed by atoms with Crippen molar-refractivity contribution in [1.82, 2.24) is 14.9 Å². The number of urea groups is 1. The predicted octanol–water partition coefficient (Wildman–Crippen LogP) is 2.86. The number of hydrogen-bond donors (Lipinski definition) is 1. The number of hydrogen-bond acceptors (Lipinski definition) is 5. The minimum absolute atomic E-state index is 0.111. The Morgan fingerprint density at radius 1 is 1.15 bits per heavy atom. The average Bonchev–Trinajstić information content (AvgIpc) is 2.61. The molecule has 0 bridgehead atoms. The summed E-state index contributed by atoms with van der Waals surface area (Å²) in [7, 11) is 3.92. The van der Waals surface area contributed by atoms with Crippen molar-refractivity contribution < 1.29 is 4.79 Å². The first-order chi connectivity index (χ1) is 12.4. The molecule has 1 N–H and O–H groups in total. The van der Waals surface area contributed by atoms with Gasteiger partial charge in [-0.25, -0.2) is 14.8 Å². The fourth-order valence-corrected chi connectivity index (χ4v) is 3.03. The Morgan fingerprint density at radius 2 is 1.88 bits per heavy atom. The number of carbonyl (C=O) groups excluding carboxylic acids is 1. The standard InChI is InChI=1S/C18H23ClN6O/c1-13-20-16(23(2)3)12-17(21-13)24-7-9-25(10-8-24)18(26)22-15-6-4-5-14(19)11-15/h4-6,11-12H,7-10H2,1-3H3,(H,22,26). The average molecular weight is 375 g/mol. The summed E-state index contributed by atoms with van der Waals surface area (Å²) in [5.74, 6) is 2.53. The number of amides is 2. The Bertz CT molecular complexity index is 789. The second kappa shape index (κ2) is 7.78. The molecule has 1 aromatic heterocycles. The van der Waals surface area contributed by atoms with E-state index < -0.39 is 0 Å². The number of nitrogens with zero attached hydrogens (tertiary/aromatic N) is 5. The smallest absolute Gasteiger partial charge is 0.321 e. The van der Waals surface area contributed by atoms with Gasteiger partial charge < -0.3 is 20.0 Å². The van der Waals surface area contributed by atoms with Crippen molar-refractivity contribution in [3.05, 3.63) is 41.2 Å². The van der Waals surface area contributed by atoms with E-state index in [4.69, 9.17) is 11.6 Å². The van der Waals surface area contributed by atoms with E-state index in [2.05, 4.69) is 20.2 Å². The van der Waals surface area contributed by atoms with Gasteiger partial charge in [-0.3, -0.25) is 0 Å². The van der Waals surface area contributed by atoms with Crippen molar-refractivity contribution >= 4 is 35.0 Å². The third-order valence-electron chi connectivity index (χ3n) is 4.24. The van der Waals surface area contributed by atoms with Crippen molar-refractivity contribution in [3.8, 4) is 0 Å². The van der Waals surface area contributed by atoms with Crippen LogP contribution in [0.25, 0.3) is 0 Å². The van der Waals surface area contributed by atoms with Crippen molar-refractivity contribution in [2.24, 2.45) is 0 Å². The van der Waals surface area contributed by atoms with Gasteiger partial charge in [-0.05, 0) is 25.1 Å². The van der Waals surface area contributed by atoms with Crippen LogP contribution in [0.3, 0.4) is 0 Å². The van der Waals surface area contributed by atoms with Gasteiger partial charge in [0, 0.05) is 57.1 Å². The number of aromatic nitrogens is 2. The highest BCUT2D eigenvalue weighted by Crippen LogP contribution is 2.20. The third-order valence-corrected chi connectivity index (χ3v) is 4.47. The molecular weight excluding hydrogens is 352 g/mol. The normalized spacial score (nSPS) is 14.3. The molecule has 1 aliphatic rings. The maximum atomic E-state index is 12.4. The summed E-state index contributed by atoms with van der Waals surface area (Å²) in [5.41, 5.74) is 0.701. The Labute approximate surface area is 158 Å². The van der Waals surface area contributed by atoms with E-state index in [0.717, 1.165) is 30.5 Å². The molecular formula is C18H23ClN6O. The van der Waals surface area contributed by atoms with Crippen LogP contribution in [0.4, 0.5) is 22.1 Å². The van der Waals surface area contributed by atoms with Gasteiger partial charge in [0.2, 0.25) is 0 Å². The van der Waals surface area contributed by atoms with Crippen LogP contribution in [0.1, 0.15) is 5.82 Å². The molecule has 7 nitrogen and oxygen atoms in total. The van der Waals surface area contributed by atoms with Gasteiger partial charge in [-0.2, -0.15) is 0 Å². The number of halogens is 1. The van der Waals surface area contributed by atoms with Crippen LogP contribution in [0, 0.1) is 6.92 Å². The molecule has 0 aliphatic carbocycles. The van der Waals surface area contributed by atoms with E-state index in [1.165, 1.54) is 0 Å². The zero-order chi connectivity index (χ0) is 18.7. The van der Waals surface area contributed by atoms with E-state index in [9.17, 15) is 4.79 Å². The van der Waals surface area contributed by atoms with Gasteiger partial charge in [0.25, 0.3) is 0 Å². The van der Waals surface area contributed by atoms with Gasteiger partial charge in [0.05, 0.1) is 0 Å². The molecule has 0 radical (unpaired) electrons. The molecule has 0 spiro atoms. The SMILES string of the molecule is Cc1nc(N(C)C)cc(N2CCN(C(=O)Nc3cccc(Cl)c3)CC2)n1. The first-order valence-corrected chi connectivity index (χ1v) is 8.89. The topological polar surface area (TPSA) is 64.6 Å². The van der Waals surface area contributed by atoms with Gasteiger partial charge >= 0.3 is 6.03 Å². The zero-order valence-corrected chi connectivity index (χ0v) is 16.0. The molecule has 26 heavy (non-hydrogen) atoms. The van der Waals surface area contributed by atoms with Crippen molar-refractivity contribution in [1.29, 1.82) is 0 Å². The minimum atomic E-state index is -0.111. The fourth-order valence-electron chi connectivity index (χ4n) is 2.84. The van der Waals surface area contributed by atoms with Crippen LogP contribution in [-0.4, -0.2) is 61.2 Å². The molecule has 1 fully saturated rings. The lowest BCUT2D eigenvalue weighted by Crippen LogP contribution is -2.50. The lowest BCUT2D eigenvalue weighted by atomic mass is 10.3. The third kappa shape index (κ3) is 4.35. The highest BCUT2D eigenvalue weighted by atomic mass is 35.5. The molecule has 2 aromatic rings. The Hall–Kier alpha value is -2.54. The molecule has 1 aromatic carbocycles.